The second-order valence-electron chi connectivity index (χ2n) is 7.23. The van der Waals surface area contributed by atoms with Crippen LogP contribution in [0.2, 0.25) is 0 Å². The van der Waals surface area contributed by atoms with Crippen molar-refractivity contribution >= 4 is 34.5 Å². The lowest BCUT2D eigenvalue weighted by atomic mass is 9.93. The molecule has 1 fully saturated rings. The first kappa shape index (κ1) is 17.0. The Morgan fingerprint density at radius 1 is 1.08 bits per heavy atom. The van der Waals surface area contributed by atoms with Gasteiger partial charge >= 0.3 is 0 Å². The average Bonchev–Trinajstić information content (AvgIpc) is 3.17. The first-order chi connectivity index (χ1) is 12.5. The van der Waals surface area contributed by atoms with Crippen molar-refractivity contribution in [2.24, 2.45) is 4.99 Å². The van der Waals surface area contributed by atoms with Gasteiger partial charge in [-0.2, -0.15) is 0 Å². The van der Waals surface area contributed by atoms with Gasteiger partial charge in [-0.3, -0.25) is 0 Å². The fraction of sp³-hybridized carbons (Fsp3) is 0.333. The highest BCUT2D eigenvalue weighted by molar-refractivity contribution is 7.80. The molecule has 0 saturated heterocycles. The fourth-order valence-corrected chi connectivity index (χ4v) is 4.59. The van der Waals surface area contributed by atoms with Crippen molar-refractivity contribution in [3.8, 4) is 5.75 Å². The molecule has 2 aliphatic rings. The van der Waals surface area contributed by atoms with E-state index in [1.807, 2.05) is 12.1 Å². The van der Waals surface area contributed by atoms with E-state index >= 15 is 0 Å². The standard InChI is InChI=1S/C21H23N3OS/c1-14-7-5-8-15(2)18(14)22-19-21(11-3-4-12-21)24(20(26)23-19)16-9-6-10-17(25)13-16/h5-10,13,25H,3-4,11-12H2,1-2H3,(H,22,23,26). The van der Waals surface area contributed by atoms with Crippen LogP contribution in [0.25, 0.3) is 0 Å². The third-order valence-corrected chi connectivity index (χ3v) is 5.78. The van der Waals surface area contributed by atoms with Crippen LogP contribution in [0.15, 0.2) is 47.5 Å². The van der Waals surface area contributed by atoms with Gasteiger partial charge in [0.1, 0.15) is 17.1 Å². The van der Waals surface area contributed by atoms with Crippen LogP contribution in [0.5, 0.6) is 5.75 Å². The number of anilines is 2. The minimum absolute atomic E-state index is 0.245. The third kappa shape index (κ3) is 2.67. The molecule has 0 radical (unpaired) electrons. The zero-order valence-electron chi connectivity index (χ0n) is 15.1. The van der Waals surface area contributed by atoms with Gasteiger partial charge in [0, 0.05) is 17.4 Å². The van der Waals surface area contributed by atoms with Crippen molar-refractivity contribution in [1.82, 2.24) is 0 Å². The van der Waals surface area contributed by atoms with E-state index in [0.29, 0.717) is 5.11 Å². The molecule has 0 bridgehead atoms. The molecular formula is C21H23N3OS. The van der Waals surface area contributed by atoms with Crippen LogP contribution in [0.3, 0.4) is 0 Å². The van der Waals surface area contributed by atoms with Crippen molar-refractivity contribution < 1.29 is 5.11 Å². The van der Waals surface area contributed by atoms with E-state index in [1.165, 1.54) is 11.1 Å². The van der Waals surface area contributed by atoms with E-state index in [1.54, 1.807) is 12.1 Å². The molecule has 0 unspecified atom stereocenters. The number of nitrogens with one attached hydrogen (secondary N) is 1. The molecule has 5 heteroatoms. The van der Waals surface area contributed by atoms with Crippen LogP contribution in [-0.2, 0) is 0 Å². The monoisotopic (exact) mass is 365 g/mol. The molecule has 2 aromatic rings. The van der Waals surface area contributed by atoms with Crippen LogP contribution in [-0.4, -0.2) is 21.6 Å². The van der Waals surface area contributed by atoms with Gasteiger partial charge in [0.15, 0.2) is 0 Å². The second-order valence-corrected chi connectivity index (χ2v) is 7.59. The molecule has 2 aromatic carbocycles. The highest BCUT2D eigenvalue weighted by Crippen LogP contribution is 2.44. The van der Waals surface area contributed by atoms with Crippen molar-refractivity contribution in [3.63, 3.8) is 0 Å². The molecule has 2 N–H and O–H groups in total. The lowest BCUT2D eigenvalue weighted by Gasteiger charge is -2.37. The Morgan fingerprint density at radius 2 is 1.73 bits per heavy atom. The van der Waals surface area contributed by atoms with E-state index in [-0.39, 0.29) is 11.3 Å². The minimum atomic E-state index is -0.250. The smallest absolute Gasteiger partial charge is 0.202 e. The number of aliphatic imine (C=N–C) groups is 1. The van der Waals surface area contributed by atoms with Crippen molar-refractivity contribution in [2.45, 2.75) is 45.1 Å². The Hall–Kier alpha value is -2.40. The number of benzene rings is 2. The van der Waals surface area contributed by atoms with E-state index < -0.39 is 0 Å². The maximum absolute atomic E-state index is 9.94. The van der Waals surface area contributed by atoms with E-state index in [9.17, 15) is 5.11 Å². The van der Waals surface area contributed by atoms with Crippen molar-refractivity contribution in [2.75, 3.05) is 10.2 Å². The number of amidine groups is 1. The highest BCUT2D eigenvalue weighted by atomic mass is 32.1. The quantitative estimate of drug-likeness (QED) is 0.740. The maximum Gasteiger partial charge on any atom is 0.202 e. The molecule has 1 spiro atoms. The summed E-state index contributed by atoms with van der Waals surface area (Å²) in [5, 5.41) is 14.1. The van der Waals surface area contributed by atoms with Gasteiger partial charge in [0.2, 0.25) is 5.11 Å². The molecule has 1 aliphatic carbocycles. The van der Waals surface area contributed by atoms with Gasteiger partial charge in [-0.1, -0.05) is 37.1 Å². The molecule has 4 rings (SSSR count). The lowest BCUT2D eigenvalue weighted by Crippen LogP contribution is -2.52. The maximum atomic E-state index is 9.94. The van der Waals surface area contributed by atoms with E-state index in [4.69, 9.17) is 17.2 Å². The van der Waals surface area contributed by atoms with Crippen LogP contribution < -0.4 is 10.2 Å². The molecule has 134 valence electrons. The van der Waals surface area contributed by atoms with Crippen LogP contribution in [0, 0.1) is 13.8 Å². The van der Waals surface area contributed by atoms with Gasteiger partial charge in [0.25, 0.3) is 0 Å². The number of aryl methyl sites for hydroxylation is 2. The first-order valence-corrected chi connectivity index (χ1v) is 9.48. The summed E-state index contributed by atoms with van der Waals surface area (Å²) in [4.78, 5) is 6.90. The minimum Gasteiger partial charge on any atom is -0.508 e. The zero-order valence-corrected chi connectivity index (χ0v) is 15.9. The van der Waals surface area contributed by atoms with Crippen molar-refractivity contribution in [1.29, 1.82) is 0 Å². The zero-order chi connectivity index (χ0) is 18.3. The molecule has 1 aliphatic heterocycles. The number of rotatable bonds is 2. The highest BCUT2D eigenvalue weighted by Gasteiger charge is 2.50. The average molecular weight is 366 g/mol. The summed E-state index contributed by atoms with van der Waals surface area (Å²) in [6.07, 6.45) is 4.29. The number of aromatic hydroxyl groups is 1. The summed E-state index contributed by atoms with van der Waals surface area (Å²) in [7, 11) is 0. The molecular weight excluding hydrogens is 342 g/mol. The summed E-state index contributed by atoms with van der Waals surface area (Å²) in [6, 6.07) is 13.6. The Kier molecular flexibility index (Phi) is 4.19. The number of hydrogen-bond acceptors (Lipinski definition) is 3. The normalized spacial score (nSPS) is 18.5. The summed E-state index contributed by atoms with van der Waals surface area (Å²) in [5.74, 6) is 1.18. The molecule has 1 heterocycles. The van der Waals surface area contributed by atoms with Crippen LogP contribution in [0.4, 0.5) is 11.4 Å². The van der Waals surface area contributed by atoms with E-state index in [0.717, 1.165) is 42.9 Å². The van der Waals surface area contributed by atoms with Crippen LogP contribution in [0.1, 0.15) is 36.8 Å². The van der Waals surface area contributed by atoms with E-state index in [2.05, 4.69) is 42.3 Å². The van der Waals surface area contributed by atoms with Crippen molar-refractivity contribution in [3.05, 3.63) is 53.6 Å². The van der Waals surface area contributed by atoms with Gasteiger partial charge in [-0.05, 0) is 62.2 Å². The molecule has 26 heavy (non-hydrogen) atoms. The molecule has 4 nitrogen and oxygen atoms in total. The predicted octanol–water partition coefficient (Wildman–Crippen LogP) is 4.94. The topological polar surface area (TPSA) is 47.9 Å². The molecule has 0 atom stereocenters. The second kappa shape index (κ2) is 6.40. The molecule has 0 aromatic heterocycles. The molecule has 0 amide bonds. The SMILES string of the molecule is Cc1cccc(C)c1NC1=NC(=S)N(c2cccc(O)c2)C12CCCC2. The van der Waals surface area contributed by atoms with Gasteiger partial charge < -0.3 is 15.3 Å². The first-order valence-electron chi connectivity index (χ1n) is 9.07. The number of nitrogens with zero attached hydrogens (tertiary/aromatic N) is 2. The third-order valence-electron chi connectivity index (χ3n) is 5.51. The molecule has 1 saturated carbocycles. The summed E-state index contributed by atoms with van der Waals surface area (Å²) >= 11 is 5.65. The number of phenols is 1. The fourth-order valence-electron chi connectivity index (χ4n) is 4.22. The van der Waals surface area contributed by atoms with Crippen LogP contribution >= 0.6 is 12.2 Å². The number of phenolic OH excluding ortho intramolecular Hbond substituents is 1. The Morgan fingerprint density at radius 3 is 2.38 bits per heavy atom. The van der Waals surface area contributed by atoms with Gasteiger partial charge in [0.05, 0.1) is 0 Å². The summed E-state index contributed by atoms with van der Waals surface area (Å²) in [5.41, 5.74) is 4.15. The largest absolute Gasteiger partial charge is 0.508 e. The van der Waals surface area contributed by atoms with Gasteiger partial charge in [-0.25, -0.2) is 4.99 Å². The number of para-hydroxylation sites is 1. The Bertz CT molecular complexity index is 880. The number of hydrogen-bond donors (Lipinski definition) is 2. The summed E-state index contributed by atoms with van der Waals surface area (Å²) in [6.45, 7) is 4.22. The predicted molar refractivity (Wildman–Crippen MR) is 111 cm³/mol. The Labute approximate surface area is 159 Å². The Balaban J connectivity index is 1.76. The summed E-state index contributed by atoms with van der Waals surface area (Å²) < 4.78 is 0. The number of thiocarbonyl (C=S) groups is 1. The lowest BCUT2D eigenvalue weighted by molar-refractivity contribution is 0.475. The van der Waals surface area contributed by atoms with Gasteiger partial charge in [-0.15, -0.1) is 0 Å².